The van der Waals surface area contributed by atoms with Crippen LogP contribution in [0.15, 0.2) is 36.2 Å². The number of piperidine rings is 1. The molecule has 2 fully saturated rings. The molecule has 3 aliphatic rings. The summed E-state index contributed by atoms with van der Waals surface area (Å²) in [5.41, 5.74) is 2.46. The molecular weight excluding hydrogens is 354 g/mol. The number of rotatable bonds is 3. The minimum atomic E-state index is 0.308. The first-order chi connectivity index (χ1) is 12.8. The van der Waals surface area contributed by atoms with E-state index in [2.05, 4.69) is 41.5 Å². The standard InChI is InChI=1S/C18H29N3OS.C4H8/c1-14-11-16(12-20(14)4)5-6-17(22)21-13-18(23-15(21)2)7-9-19(3)10-8-18;1-3-4-2/h12,15H,1,5-11,13H2,2-4H3;3-4H,1-2H3/b;4-3-. The maximum atomic E-state index is 12.7. The van der Waals surface area contributed by atoms with Crippen LogP contribution in [-0.2, 0) is 4.79 Å². The lowest BCUT2D eigenvalue weighted by molar-refractivity contribution is -0.131. The smallest absolute Gasteiger partial charge is 0.223 e. The zero-order valence-corrected chi connectivity index (χ0v) is 18.6. The van der Waals surface area contributed by atoms with Gasteiger partial charge in [0.15, 0.2) is 0 Å². The van der Waals surface area contributed by atoms with Gasteiger partial charge in [-0.15, -0.1) is 11.8 Å². The second-order valence-corrected chi connectivity index (χ2v) is 9.82. The Morgan fingerprint density at radius 2 is 1.93 bits per heavy atom. The molecule has 0 aliphatic carbocycles. The van der Waals surface area contributed by atoms with Crippen molar-refractivity contribution in [2.75, 3.05) is 33.7 Å². The Morgan fingerprint density at radius 3 is 2.44 bits per heavy atom. The van der Waals surface area contributed by atoms with Crippen molar-refractivity contribution in [1.29, 1.82) is 0 Å². The molecule has 0 aromatic rings. The second kappa shape index (κ2) is 9.83. The molecule has 0 aromatic heterocycles. The summed E-state index contributed by atoms with van der Waals surface area (Å²) in [7, 11) is 4.22. The molecular formula is C22H37N3OS. The van der Waals surface area contributed by atoms with Gasteiger partial charge >= 0.3 is 0 Å². The predicted octanol–water partition coefficient (Wildman–Crippen LogP) is 4.47. The van der Waals surface area contributed by atoms with Crippen molar-refractivity contribution >= 4 is 17.7 Å². The van der Waals surface area contributed by atoms with Gasteiger partial charge in [0.1, 0.15) is 0 Å². The van der Waals surface area contributed by atoms with Gasteiger partial charge in [-0.2, -0.15) is 0 Å². The highest BCUT2D eigenvalue weighted by Gasteiger charge is 2.45. The highest BCUT2D eigenvalue weighted by atomic mass is 32.2. The lowest BCUT2D eigenvalue weighted by Gasteiger charge is -2.36. The van der Waals surface area contributed by atoms with Crippen LogP contribution >= 0.6 is 11.8 Å². The number of allylic oxidation sites excluding steroid dienone is 3. The Labute approximate surface area is 170 Å². The van der Waals surface area contributed by atoms with Crippen LogP contribution in [0.3, 0.4) is 0 Å². The summed E-state index contributed by atoms with van der Waals surface area (Å²) in [6, 6.07) is 0. The Hall–Kier alpha value is -1.20. The van der Waals surface area contributed by atoms with Gasteiger partial charge in [0.05, 0.1) is 5.37 Å². The first-order valence-corrected chi connectivity index (χ1v) is 11.0. The first kappa shape index (κ1) is 22.1. The molecule has 0 aromatic carbocycles. The van der Waals surface area contributed by atoms with Gasteiger partial charge in [-0.25, -0.2) is 0 Å². The van der Waals surface area contributed by atoms with E-state index < -0.39 is 0 Å². The van der Waals surface area contributed by atoms with Crippen molar-refractivity contribution in [2.45, 2.75) is 63.0 Å². The number of hydrogen-bond acceptors (Lipinski definition) is 4. The summed E-state index contributed by atoms with van der Waals surface area (Å²) in [6.45, 7) is 13.5. The van der Waals surface area contributed by atoms with Crippen LogP contribution < -0.4 is 0 Å². The fraction of sp³-hybridized carbons (Fsp3) is 0.682. The molecule has 4 nitrogen and oxygen atoms in total. The topological polar surface area (TPSA) is 26.8 Å². The van der Waals surface area contributed by atoms with Crippen LogP contribution in [0, 0.1) is 0 Å². The second-order valence-electron chi connectivity index (χ2n) is 8.03. The molecule has 0 saturated carbocycles. The van der Waals surface area contributed by atoms with Crippen LogP contribution in [0.4, 0.5) is 0 Å². The summed E-state index contributed by atoms with van der Waals surface area (Å²) in [5.74, 6) is 0.321. The molecule has 1 unspecified atom stereocenters. The number of amides is 1. The monoisotopic (exact) mass is 391 g/mol. The lowest BCUT2D eigenvalue weighted by atomic mass is 9.95. The van der Waals surface area contributed by atoms with Crippen LogP contribution in [0.2, 0.25) is 0 Å². The molecule has 1 atom stereocenters. The van der Waals surface area contributed by atoms with E-state index in [4.69, 9.17) is 0 Å². The molecule has 152 valence electrons. The number of hydrogen-bond donors (Lipinski definition) is 0. The van der Waals surface area contributed by atoms with E-state index in [0.29, 0.717) is 22.4 Å². The average Bonchev–Trinajstić information content (AvgIpc) is 3.15. The third-order valence-corrected chi connectivity index (χ3v) is 7.47. The van der Waals surface area contributed by atoms with Gasteiger partial charge in [0, 0.05) is 43.1 Å². The van der Waals surface area contributed by atoms with Gasteiger partial charge in [0.2, 0.25) is 5.91 Å². The molecule has 1 spiro atoms. The van der Waals surface area contributed by atoms with Gasteiger partial charge in [-0.1, -0.05) is 18.7 Å². The fourth-order valence-corrected chi connectivity index (χ4v) is 5.53. The largest absolute Gasteiger partial charge is 0.355 e. The molecule has 1 amide bonds. The summed E-state index contributed by atoms with van der Waals surface area (Å²) in [5, 5.41) is 0.320. The van der Waals surface area contributed by atoms with Gasteiger partial charge in [-0.3, -0.25) is 4.79 Å². The highest BCUT2D eigenvalue weighted by molar-refractivity contribution is 8.01. The van der Waals surface area contributed by atoms with Crippen molar-refractivity contribution < 1.29 is 4.79 Å². The van der Waals surface area contributed by atoms with Gasteiger partial charge in [-0.05, 0) is 65.7 Å². The van der Waals surface area contributed by atoms with Crippen LogP contribution in [-0.4, -0.2) is 64.5 Å². The first-order valence-electron chi connectivity index (χ1n) is 10.1. The normalized spacial score (nSPS) is 25.1. The number of nitrogens with zero attached hydrogens (tertiary/aromatic N) is 3. The molecule has 3 aliphatic heterocycles. The maximum absolute atomic E-state index is 12.7. The van der Waals surface area contributed by atoms with E-state index in [9.17, 15) is 4.79 Å². The third-order valence-electron chi connectivity index (χ3n) is 5.84. The SMILES string of the molecule is C/C=C\C.C=C1CC(CCC(=O)N2CC3(CCN(C)CC3)SC2C)=CN1C. The molecule has 0 radical (unpaired) electrons. The molecule has 5 heteroatoms. The number of carbonyl (C=O) groups is 1. The van der Waals surface area contributed by atoms with Crippen LogP contribution in [0.25, 0.3) is 0 Å². The van der Waals surface area contributed by atoms with Gasteiger partial charge in [0.25, 0.3) is 0 Å². The Kier molecular flexibility index (Phi) is 8.04. The van der Waals surface area contributed by atoms with Crippen molar-refractivity contribution in [3.8, 4) is 0 Å². The fourth-order valence-electron chi connectivity index (χ4n) is 3.86. The van der Waals surface area contributed by atoms with Gasteiger partial charge < -0.3 is 14.7 Å². The van der Waals surface area contributed by atoms with E-state index in [-0.39, 0.29) is 0 Å². The Bertz CT molecular complexity index is 586. The number of likely N-dealkylation sites (tertiary alicyclic amines) is 1. The zero-order valence-electron chi connectivity index (χ0n) is 17.8. The van der Waals surface area contributed by atoms with E-state index >= 15 is 0 Å². The summed E-state index contributed by atoms with van der Waals surface area (Å²) in [4.78, 5) is 19.3. The van der Waals surface area contributed by atoms with Crippen molar-refractivity contribution in [2.24, 2.45) is 0 Å². The van der Waals surface area contributed by atoms with Crippen molar-refractivity contribution in [1.82, 2.24) is 14.7 Å². The zero-order chi connectivity index (χ0) is 20.0. The molecule has 3 heterocycles. The average molecular weight is 392 g/mol. The summed E-state index contributed by atoms with van der Waals surface area (Å²) < 4.78 is 0.308. The van der Waals surface area contributed by atoms with Crippen molar-refractivity contribution in [3.63, 3.8) is 0 Å². The van der Waals surface area contributed by atoms with E-state index in [0.717, 1.165) is 38.2 Å². The van der Waals surface area contributed by atoms with E-state index in [1.807, 2.05) is 44.8 Å². The molecule has 27 heavy (non-hydrogen) atoms. The quantitative estimate of drug-likeness (QED) is 0.663. The predicted molar refractivity (Wildman–Crippen MR) is 118 cm³/mol. The van der Waals surface area contributed by atoms with Crippen molar-refractivity contribution in [3.05, 3.63) is 36.2 Å². The number of carbonyl (C=O) groups excluding carboxylic acids is 1. The maximum Gasteiger partial charge on any atom is 0.223 e. The minimum absolute atomic E-state index is 0.308. The molecule has 3 rings (SSSR count). The van der Waals surface area contributed by atoms with Crippen LogP contribution in [0.1, 0.15) is 52.9 Å². The third kappa shape index (κ3) is 5.89. The Balaban J connectivity index is 0.000000596. The van der Waals surface area contributed by atoms with Crippen LogP contribution in [0.5, 0.6) is 0 Å². The lowest BCUT2D eigenvalue weighted by Crippen LogP contribution is -2.44. The highest BCUT2D eigenvalue weighted by Crippen LogP contribution is 2.46. The minimum Gasteiger partial charge on any atom is -0.355 e. The molecule has 0 bridgehead atoms. The van der Waals surface area contributed by atoms with E-state index in [1.54, 1.807) is 0 Å². The summed E-state index contributed by atoms with van der Waals surface area (Å²) in [6.07, 6.45) is 11.0. The van der Waals surface area contributed by atoms with E-state index in [1.165, 1.54) is 18.4 Å². The summed E-state index contributed by atoms with van der Waals surface area (Å²) >= 11 is 2.03. The molecule has 0 N–H and O–H groups in total. The number of thioether (sulfide) groups is 1. The molecule has 2 saturated heterocycles. The Morgan fingerprint density at radius 1 is 1.30 bits per heavy atom.